The topological polar surface area (TPSA) is 68.1 Å². The van der Waals surface area contributed by atoms with E-state index in [1.54, 1.807) is 0 Å². The summed E-state index contributed by atoms with van der Waals surface area (Å²) in [5.74, 6) is 1.09. The zero-order valence-corrected chi connectivity index (χ0v) is 20.3. The molecule has 1 heterocycles. The minimum atomic E-state index is -0.589. The summed E-state index contributed by atoms with van der Waals surface area (Å²) in [6.07, 6.45) is 14.6. The summed E-state index contributed by atoms with van der Waals surface area (Å²) in [6.45, 7) is 9.21. The summed E-state index contributed by atoms with van der Waals surface area (Å²) in [7, 11) is 0. The number of carbonyl (C=O) groups is 2. The SMILES string of the molecule is CCOC(=O)C1N=NC2C(=O)CCCC21C1CCCCC(CCC(C)(C)C)CCCC1. The highest BCUT2D eigenvalue weighted by atomic mass is 16.5. The van der Waals surface area contributed by atoms with Crippen molar-refractivity contribution in [3.63, 3.8) is 0 Å². The molecule has 3 atom stereocenters. The lowest BCUT2D eigenvalue weighted by Gasteiger charge is -2.45. The highest BCUT2D eigenvalue weighted by Gasteiger charge is 2.61. The number of hydrogen-bond donors (Lipinski definition) is 0. The number of ketones is 1. The Bertz CT molecular complexity index is 642. The average Bonchev–Trinajstić information content (AvgIpc) is 3.12. The lowest BCUT2D eigenvalue weighted by Crippen LogP contribution is -2.54. The van der Waals surface area contributed by atoms with Crippen molar-refractivity contribution in [3.05, 3.63) is 0 Å². The highest BCUT2D eigenvalue weighted by Crippen LogP contribution is 2.54. The molecule has 0 N–H and O–H groups in total. The Labute approximate surface area is 189 Å². The van der Waals surface area contributed by atoms with E-state index in [0.717, 1.165) is 31.6 Å². The van der Waals surface area contributed by atoms with Gasteiger partial charge in [-0.15, -0.1) is 0 Å². The van der Waals surface area contributed by atoms with Crippen LogP contribution in [0.25, 0.3) is 0 Å². The van der Waals surface area contributed by atoms with Gasteiger partial charge in [-0.2, -0.15) is 10.2 Å². The first-order chi connectivity index (χ1) is 14.8. The van der Waals surface area contributed by atoms with Crippen LogP contribution in [0.3, 0.4) is 0 Å². The summed E-state index contributed by atoms with van der Waals surface area (Å²) in [5.41, 5.74) is -0.0217. The molecular weight excluding hydrogens is 388 g/mol. The van der Waals surface area contributed by atoms with Gasteiger partial charge in [-0.05, 0) is 62.7 Å². The van der Waals surface area contributed by atoms with E-state index in [9.17, 15) is 9.59 Å². The molecule has 0 aromatic carbocycles. The first kappa shape index (κ1) is 24.4. The lowest BCUT2D eigenvalue weighted by molar-refractivity contribution is -0.151. The minimum Gasteiger partial charge on any atom is -0.464 e. The van der Waals surface area contributed by atoms with E-state index in [1.165, 1.54) is 51.4 Å². The van der Waals surface area contributed by atoms with Crippen molar-refractivity contribution >= 4 is 11.8 Å². The van der Waals surface area contributed by atoms with Gasteiger partial charge < -0.3 is 4.74 Å². The summed E-state index contributed by atoms with van der Waals surface area (Å²) in [5, 5.41) is 8.78. The van der Waals surface area contributed by atoms with E-state index >= 15 is 0 Å². The monoisotopic (exact) mass is 432 g/mol. The van der Waals surface area contributed by atoms with Crippen LogP contribution in [-0.2, 0) is 14.3 Å². The normalized spacial score (nSPS) is 34.9. The molecule has 3 rings (SSSR count). The van der Waals surface area contributed by atoms with Crippen molar-refractivity contribution in [2.45, 2.75) is 123 Å². The molecular formula is C26H44N2O3. The third kappa shape index (κ3) is 5.76. The molecule has 0 aromatic rings. The molecule has 3 unspecified atom stereocenters. The molecule has 3 aliphatic rings. The maximum Gasteiger partial charge on any atom is 0.333 e. The number of Topliss-reactive ketones (excluding diaryl/α,β-unsaturated/α-hetero) is 1. The van der Waals surface area contributed by atoms with Gasteiger partial charge in [0.2, 0.25) is 0 Å². The Morgan fingerprint density at radius 1 is 1.03 bits per heavy atom. The number of rotatable bonds is 5. The van der Waals surface area contributed by atoms with Gasteiger partial charge in [0.15, 0.2) is 11.8 Å². The smallest absolute Gasteiger partial charge is 0.333 e. The predicted molar refractivity (Wildman–Crippen MR) is 123 cm³/mol. The van der Waals surface area contributed by atoms with Gasteiger partial charge in [0.25, 0.3) is 0 Å². The molecule has 0 radical (unpaired) electrons. The van der Waals surface area contributed by atoms with Gasteiger partial charge >= 0.3 is 5.97 Å². The lowest BCUT2D eigenvalue weighted by atomic mass is 9.57. The average molecular weight is 433 g/mol. The zero-order valence-electron chi connectivity index (χ0n) is 20.3. The van der Waals surface area contributed by atoms with Crippen molar-refractivity contribution in [1.29, 1.82) is 0 Å². The molecule has 0 amide bonds. The van der Waals surface area contributed by atoms with Gasteiger partial charge in [0, 0.05) is 11.8 Å². The van der Waals surface area contributed by atoms with Crippen LogP contribution in [-0.4, -0.2) is 30.4 Å². The molecule has 0 spiro atoms. The first-order valence-corrected chi connectivity index (χ1v) is 12.9. The molecule has 31 heavy (non-hydrogen) atoms. The molecule has 176 valence electrons. The number of ether oxygens (including phenoxy) is 1. The first-order valence-electron chi connectivity index (χ1n) is 12.9. The number of fused-ring (bicyclic) bond motifs is 1. The fraction of sp³-hybridized carbons (Fsp3) is 0.923. The van der Waals surface area contributed by atoms with Crippen LogP contribution in [0.15, 0.2) is 10.2 Å². The van der Waals surface area contributed by atoms with Crippen molar-refractivity contribution in [2.75, 3.05) is 6.61 Å². The van der Waals surface area contributed by atoms with Crippen molar-refractivity contribution in [3.8, 4) is 0 Å². The van der Waals surface area contributed by atoms with Gasteiger partial charge in [-0.3, -0.25) is 4.79 Å². The standard InChI is InChI=1S/C26H44N2O3/c1-5-31-24(30)23-26(17-10-15-21(29)22(26)27-28-23)20-13-8-6-11-19(12-7-9-14-20)16-18-25(2,3)4/h19-20,22-23H,5-18H2,1-4H3. The molecule has 0 aromatic heterocycles. The van der Waals surface area contributed by atoms with Gasteiger partial charge in [-0.25, -0.2) is 4.79 Å². The Balaban J connectivity index is 1.71. The van der Waals surface area contributed by atoms with Crippen LogP contribution < -0.4 is 0 Å². The van der Waals surface area contributed by atoms with Crippen LogP contribution in [0, 0.1) is 22.7 Å². The van der Waals surface area contributed by atoms with E-state index in [4.69, 9.17) is 4.74 Å². The fourth-order valence-corrected chi connectivity index (χ4v) is 6.38. The maximum atomic E-state index is 12.8. The quantitative estimate of drug-likeness (QED) is 0.455. The third-order valence-corrected chi connectivity index (χ3v) is 8.06. The van der Waals surface area contributed by atoms with E-state index in [2.05, 4.69) is 31.0 Å². The summed E-state index contributed by atoms with van der Waals surface area (Å²) in [4.78, 5) is 25.7. The molecule has 2 aliphatic carbocycles. The van der Waals surface area contributed by atoms with E-state index < -0.39 is 17.5 Å². The second kappa shape index (κ2) is 10.6. The van der Waals surface area contributed by atoms with Crippen molar-refractivity contribution < 1.29 is 14.3 Å². The Hall–Kier alpha value is -1.26. The maximum absolute atomic E-state index is 12.8. The number of nitrogens with zero attached hydrogens (tertiary/aromatic N) is 2. The Morgan fingerprint density at radius 3 is 2.29 bits per heavy atom. The summed E-state index contributed by atoms with van der Waals surface area (Å²) >= 11 is 0. The molecule has 2 fully saturated rings. The highest BCUT2D eigenvalue weighted by molar-refractivity contribution is 5.89. The van der Waals surface area contributed by atoms with Gasteiger partial charge in [0.05, 0.1) is 6.61 Å². The van der Waals surface area contributed by atoms with Crippen LogP contribution in [0.1, 0.15) is 111 Å². The van der Waals surface area contributed by atoms with Gasteiger partial charge in [-0.1, -0.05) is 59.3 Å². The van der Waals surface area contributed by atoms with Crippen molar-refractivity contribution in [2.24, 2.45) is 32.9 Å². The largest absolute Gasteiger partial charge is 0.464 e. The molecule has 2 saturated carbocycles. The Kier molecular flexibility index (Phi) is 8.31. The van der Waals surface area contributed by atoms with Gasteiger partial charge in [0.1, 0.15) is 6.04 Å². The number of carbonyl (C=O) groups excluding carboxylic acids is 2. The summed E-state index contributed by atoms with van der Waals surface area (Å²) < 4.78 is 5.39. The van der Waals surface area contributed by atoms with Crippen LogP contribution in [0.5, 0.6) is 0 Å². The molecule has 0 saturated heterocycles. The fourth-order valence-electron chi connectivity index (χ4n) is 6.38. The number of esters is 1. The van der Waals surface area contributed by atoms with Crippen LogP contribution in [0.2, 0.25) is 0 Å². The van der Waals surface area contributed by atoms with E-state index in [1.807, 2.05) is 6.92 Å². The molecule has 5 heteroatoms. The van der Waals surface area contributed by atoms with E-state index in [0.29, 0.717) is 24.4 Å². The molecule has 1 aliphatic heterocycles. The predicted octanol–water partition coefficient (Wildman–Crippen LogP) is 6.69. The summed E-state index contributed by atoms with van der Waals surface area (Å²) in [6, 6.07) is -1.02. The molecule has 5 nitrogen and oxygen atoms in total. The Morgan fingerprint density at radius 2 is 1.68 bits per heavy atom. The zero-order chi connectivity index (χ0) is 22.5. The second-order valence-corrected chi connectivity index (χ2v) is 11.5. The second-order valence-electron chi connectivity index (χ2n) is 11.5. The van der Waals surface area contributed by atoms with E-state index in [-0.39, 0.29) is 11.8 Å². The number of azo groups is 1. The van der Waals surface area contributed by atoms with Crippen molar-refractivity contribution in [1.82, 2.24) is 0 Å². The van der Waals surface area contributed by atoms with Crippen LogP contribution >= 0.6 is 0 Å². The number of hydrogen-bond acceptors (Lipinski definition) is 5. The molecule has 0 bridgehead atoms. The third-order valence-electron chi connectivity index (χ3n) is 8.06. The van der Waals surface area contributed by atoms with Crippen LogP contribution in [0.4, 0.5) is 0 Å². The minimum absolute atomic E-state index is 0.182.